The van der Waals surface area contributed by atoms with Gasteiger partial charge in [0.2, 0.25) is 0 Å². The minimum atomic E-state index is -0.0805. The molecule has 18 heavy (non-hydrogen) atoms. The van der Waals surface area contributed by atoms with Crippen LogP contribution in [0.1, 0.15) is 24.5 Å². The Morgan fingerprint density at radius 1 is 1.39 bits per heavy atom. The Bertz CT molecular complexity index is 520. The average Bonchev–Trinajstić information content (AvgIpc) is 2.84. The first-order valence-corrected chi connectivity index (χ1v) is 6.06. The number of nitrogens with zero attached hydrogens (tertiary/aromatic N) is 2. The van der Waals surface area contributed by atoms with Crippen LogP contribution < -0.4 is 5.01 Å². The number of fused-ring (bicyclic) bond motifs is 1. The molecular formula is C14H17N3O. The van der Waals surface area contributed by atoms with E-state index >= 15 is 0 Å². The molecule has 0 unspecified atom stereocenters. The van der Waals surface area contributed by atoms with Crippen LogP contribution in [0.15, 0.2) is 23.3 Å². The standard InChI is InChI=1S/C14H17N3O/c1-10(14(15)9-18)16-17(2)13-7-6-11-4-3-5-12(11)8-13/h6-9,15H,3-5H2,1-2H3/b15-14?,16-10-. The van der Waals surface area contributed by atoms with Crippen molar-refractivity contribution in [3.05, 3.63) is 29.3 Å². The maximum Gasteiger partial charge on any atom is 0.169 e. The minimum absolute atomic E-state index is 0.0805. The van der Waals surface area contributed by atoms with Gasteiger partial charge in [-0.25, -0.2) is 0 Å². The van der Waals surface area contributed by atoms with E-state index in [1.807, 2.05) is 13.1 Å². The van der Waals surface area contributed by atoms with Gasteiger partial charge in [-0.15, -0.1) is 0 Å². The molecule has 0 saturated heterocycles. The van der Waals surface area contributed by atoms with E-state index in [4.69, 9.17) is 5.41 Å². The predicted octanol–water partition coefficient (Wildman–Crippen LogP) is 2.21. The van der Waals surface area contributed by atoms with Crippen molar-refractivity contribution in [3.8, 4) is 0 Å². The number of benzene rings is 1. The molecule has 1 aromatic carbocycles. The van der Waals surface area contributed by atoms with Crippen LogP contribution in [0.5, 0.6) is 0 Å². The fourth-order valence-electron chi connectivity index (χ4n) is 2.18. The predicted molar refractivity (Wildman–Crippen MR) is 73.8 cm³/mol. The van der Waals surface area contributed by atoms with Crippen molar-refractivity contribution in [1.82, 2.24) is 0 Å². The molecule has 4 nitrogen and oxygen atoms in total. The maximum atomic E-state index is 10.5. The molecule has 1 aromatic rings. The Labute approximate surface area is 107 Å². The number of aryl methyl sites for hydroxylation is 2. The zero-order chi connectivity index (χ0) is 13.1. The third-order valence-corrected chi connectivity index (χ3v) is 3.26. The van der Waals surface area contributed by atoms with Crippen LogP contribution >= 0.6 is 0 Å². The lowest BCUT2D eigenvalue weighted by Crippen LogP contribution is -2.18. The van der Waals surface area contributed by atoms with Gasteiger partial charge >= 0.3 is 0 Å². The highest BCUT2D eigenvalue weighted by Gasteiger charge is 2.12. The minimum Gasteiger partial charge on any atom is -0.296 e. The van der Waals surface area contributed by atoms with Gasteiger partial charge in [-0.05, 0) is 49.4 Å². The van der Waals surface area contributed by atoms with Crippen LogP contribution in [0.25, 0.3) is 0 Å². The molecule has 0 fully saturated rings. The van der Waals surface area contributed by atoms with E-state index in [-0.39, 0.29) is 5.71 Å². The molecule has 0 saturated carbocycles. The summed E-state index contributed by atoms with van der Waals surface area (Å²) in [5.41, 5.74) is 4.15. The van der Waals surface area contributed by atoms with E-state index in [1.54, 1.807) is 11.9 Å². The van der Waals surface area contributed by atoms with Gasteiger partial charge in [0.1, 0.15) is 5.71 Å². The molecule has 0 aliphatic heterocycles. The lowest BCUT2D eigenvalue weighted by molar-refractivity contribution is -0.102. The van der Waals surface area contributed by atoms with Crippen molar-refractivity contribution in [2.75, 3.05) is 12.1 Å². The Morgan fingerprint density at radius 2 is 2.11 bits per heavy atom. The van der Waals surface area contributed by atoms with Crippen LogP contribution in [0.3, 0.4) is 0 Å². The second-order valence-electron chi connectivity index (χ2n) is 4.55. The molecule has 2 rings (SSSR count). The molecule has 0 spiro atoms. The van der Waals surface area contributed by atoms with Crippen molar-refractivity contribution in [3.63, 3.8) is 0 Å². The van der Waals surface area contributed by atoms with Crippen LogP contribution in [0, 0.1) is 5.41 Å². The van der Waals surface area contributed by atoms with Crippen molar-refractivity contribution in [1.29, 1.82) is 5.41 Å². The van der Waals surface area contributed by atoms with Crippen molar-refractivity contribution < 1.29 is 4.79 Å². The van der Waals surface area contributed by atoms with Gasteiger partial charge in [-0.3, -0.25) is 15.2 Å². The second kappa shape index (κ2) is 5.12. The van der Waals surface area contributed by atoms with E-state index < -0.39 is 0 Å². The van der Waals surface area contributed by atoms with Gasteiger partial charge in [0, 0.05) is 7.05 Å². The molecule has 1 aliphatic rings. The quantitative estimate of drug-likeness (QED) is 0.500. The highest BCUT2D eigenvalue weighted by Crippen LogP contribution is 2.26. The molecule has 0 radical (unpaired) electrons. The van der Waals surface area contributed by atoms with Gasteiger partial charge in [0.05, 0.1) is 11.4 Å². The van der Waals surface area contributed by atoms with E-state index in [0.717, 1.165) is 18.5 Å². The monoisotopic (exact) mass is 243 g/mol. The molecule has 0 heterocycles. The number of nitrogens with one attached hydrogen (secondary N) is 1. The summed E-state index contributed by atoms with van der Waals surface area (Å²) in [6, 6.07) is 6.32. The largest absolute Gasteiger partial charge is 0.296 e. The third kappa shape index (κ3) is 2.47. The van der Waals surface area contributed by atoms with Crippen LogP contribution in [0.2, 0.25) is 0 Å². The van der Waals surface area contributed by atoms with E-state index in [9.17, 15) is 4.79 Å². The fraction of sp³-hybridized carbons (Fsp3) is 0.357. The first-order valence-electron chi connectivity index (χ1n) is 6.06. The molecule has 0 aromatic heterocycles. The summed E-state index contributed by atoms with van der Waals surface area (Å²) < 4.78 is 0. The summed E-state index contributed by atoms with van der Waals surface area (Å²) in [5, 5.41) is 13.3. The van der Waals surface area contributed by atoms with E-state index in [2.05, 4.69) is 17.2 Å². The molecule has 0 atom stereocenters. The molecule has 94 valence electrons. The number of carbonyl (C=O) groups excluding carboxylic acids is 1. The zero-order valence-electron chi connectivity index (χ0n) is 10.7. The number of carbonyl (C=O) groups is 1. The first-order chi connectivity index (χ1) is 8.61. The molecular weight excluding hydrogens is 226 g/mol. The lowest BCUT2D eigenvalue weighted by Gasteiger charge is -2.15. The number of aldehydes is 1. The number of rotatable bonds is 4. The second-order valence-corrected chi connectivity index (χ2v) is 4.55. The van der Waals surface area contributed by atoms with Gasteiger partial charge in [0.25, 0.3) is 0 Å². The summed E-state index contributed by atoms with van der Waals surface area (Å²) >= 11 is 0. The number of hydrogen-bond donors (Lipinski definition) is 1. The Hall–Kier alpha value is -1.97. The smallest absolute Gasteiger partial charge is 0.169 e. The maximum absolute atomic E-state index is 10.5. The van der Waals surface area contributed by atoms with E-state index in [1.165, 1.54) is 17.5 Å². The Balaban J connectivity index is 2.21. The average molecular weight is 243 g/mol. The topological polar surface area (TPSA) is 56.5 Å². The van der Waals surface area contributed by atoms with Crippen LogP contribution in [0.4, 0.5) is 5.69 Å². The lowest BCUT2D eigenvalue weighted by atomic mass is 10.1. The van der Waals surface area contributed by atoms with Gasteiger partial charge in [-0.2, -0.15) is 5.10 Å². The zero-order valence-corrected chi connectivity index (χ0v) is 10.7. The molecule has 0 amide bonds. The van der Waals surface area contributed by atoms with Crippen molar-refractivity contribution in [2.24, 2.45) is 5.10 Å². The van der Waals surface area contributed by atoms with Gasteiger partial charge in [0.15, 0.2) is 6.29 Å². The summed E-state index contributed by atoms with van der Waals surface area (Å²) in [4.78, 5) is 10.5. The summed E-state index contributed by atoms with van der Waals surface area (Å²) in [6.07, 6.45) is 4.03. The molecule has 1 N–H and O–H groups in total. The Morgan fingerprint density at radius 3 is 2.83 bits per heavy atom. The highest BCUT2D eigenvalue weighted by molar-refractivity contribution is 6.60. The molecule has 4 heteroatoms. The molecule has 1 aliphatic carbocycles. The van der Waals surface area contributed by atoms with Gasteiger partial charge < -0.3 is 0 Å². The van der Waals surface area contributed by atoms with Crippen LogP contribution in [-0.4, -0.2) is 24.8 Å². The van der Waals surface area contributed by atoms with E-state index in [0.29, 0.717) is 12.0 Å². The normalized spacial score (nSPS) is 14.2. The number of anilines is 1. The first kappa shape index (κ1) is 12.5. The fourth-order valence-corrected chi connectivity index (χ4v) is 2.18. The molecule has 0 bridgehead atoms. The van der Waals surface area contributed by atoms with Gasteiger partial charge in [-0.1, -0.05) is 6.07 Å². The van der Waals surface area contributed by atoms with Crippen LogP contribution in [-0.2, 0) is 17.6 Å². The SMILES string of the molecule is C/C(=N/N(C)c1ccc2c(c1)CCC2)C(=N)C=O. The summed E-state index contributed by atoms with van der Waals surface area (Å²) in [7, 11) is 1.83. The summed E-state index contributed by atoms with van der Waals surface area (Å²) in [6.45, 7) is 1.67. The van der Waals surface area contributed by atoms with Crippen molar-refractivity contribution >= 4 is 23.4 Å². The number of hydrogen-bond acceptors (Lipinski definition) is 4. The third-order valence-electron chi connectivity index (χ3n) is 3.26. The Kier molecular flexibility index (Phi) is 3.55. The highest BCUT2D eigenvalue weighted by atomic mass is 16.1. The van der Waals surface area contributed by atoms with Crippen molar-refractivity contribution in [2.45, 2.75) is 26.2 Å². The summed E-state index contributed by atoms with van der Waals surface area (Å²) in [5.74, 6) is 0. The number of hydrazone groups is 1.